The molecule has 0 spiro atoms. The lowest BCUT2D eigenvalue weighted by Gasteiger charge is -2.28. The van der Waals surface area contributed by atoms with Crippen LogP contribution in [-0.4, -0.2) is 29.9 Å². The Morgan fingerprint density at radius 3 is 2.42 bits per heavy atom. The molecular formula is C17H22F3N3O. The molecule has 1 aromatic carbocycles. The van der Waals surface area contributed by atoms with E-state index in [2.05, 4.69) is 11.4 Å². The molecule has 7 heteroatoms. The summed E-state index contributed by atoms with van der Waals surface area (Å²) in [7, 11) is 1.56. The predicted octanol–water partition coefficient (Wildman–Crippen LogP) is 3.19. The highest BCUT2D eigenvalue weighted by atomic mass is 19.4. The normalized spacial score (nSPS) is 14.3. The second-order valence-corrected chi connectivity index (χ2v) is 6.34. The number of hydrogen-bond donors (Lipinski definition) is 1. The standard InChI is InChI=1S/C17H22F3N3O/c1-12(2)16(3,11-21)22-15(24)10-23(4)9-13-7-5-6-8-14(13)17(18,19)20/h5-8,12H,9-10H2,1-4H3,(H,22,24). The number of benzene rings is 1. The quantitative estimate of drug-likeness (QED) is 0.864. The fourth-order valence-corrected chi connectivity index (χ4v) is 2.16. The molecule has 0 saturated carbocycles. The molecule has 0 aromatic heterocycles. The monoisotopic (exact) mass is 341 g/mol. The van der Waals surface area contributed by atoms with Crippen LogP contribution in [0.2, 0.25) is 0 Å². The zero-order valence-corrected chi connectivity index (χ0v) is 14.2. The summed E-state index contributed by atoms with van der Waals surface area (Å²) < 4.78 is 39.0. The van der Waals surface area contributed by atoms with Crippen molar-refractivity contribution >= 4 is 5.91 Å². The summed E-state index contributed by atoms with van der Waals surface area (Å²) in [5, 5.41) is 11.8. The van der Waals surface area contributed by atoms with Gasteiger partial charge >= 0.3 is 6.18 Å². The van der Waals surface area contributed by atoms with Gasteiger partial charge < -0.3 is 5.32 Å². The van der Waals surface area contributed by atoms with E-state index in [0.717, 1.165) is 6.07 Å². The fraction of sp³-hybridized carbons (Fsp3) is 0.529. The SMILES string of the molecule is CC(C)C(C)(C#N)NC(=O)CN(C)Cc1ccccc1C(F)(F)F. The van der Waals surface area contributed by atoms with Crippen molar-refractivity contribution in [2.45, 2.75) is 39.0 Å². The third-order valence-corrected chi connectivity index (χ3v) is 3.96. The third kappa shape index (κ3) is 5.24. The summed E-state index contributed by atoms with van der Waals surface area (Å²) in [5.41, 5.74) is -1.62. The van der Waals surface area contributed by atoms with Crippen molar-refractivity contribution in [3.05, 3.63) is 35.4 Å². The van der Waals surface area contributed by atoms with Gasteiger partial charge in [0.1, 0.15) is 5.54 Å². The largest absolute Gasteiger partial charge is 0.416 e. The number of carbonyl (C=O) groups excluding carboxylic acids is 1. The van der Waals surface area contributed by atoms with E-state index in [1.807, 2.05) is 13.8 Å². The zero-order valence-electron chi connectivity index (χ0n) is 14.2. The minimum atomic E-state index is -4.43. The Hall–Kier alpha value is -2.07. The van der Waals surface area contributed by atoms with Gasteiger partial charge in [0.15, 0.2) is 0 Å². The fourth-order valence-electron chi connectivity index (χ4n) is 2.16. The Morgan fingerprint density at radius 2 is 1.92 bits per heavy atom. The van der Waals surface area contributed by atoms with Crippen LogP contribution in [0.3, 0.4) is 0 Å². The van der Waals surface area contributed by atoms with Gasteiger partial charge in [-0.1, -0.05) is 32.0 Å². The van der Waals surface area contributed by atoms with E-state index in [1.54, 1.807) is 14.0 Å². The minimum absolute atomic E-state index is 0.0198. The number of likely N-dealkylation sites (N-methyl/N-ethyl adjacent to an activating group) is 1. The molecule has 1 atom stereocenters. The average Bonchev–Trinajstić information content (AvgIpc) is 2.45. The van der Waals surface area contributed by atoms with Gasteiger partial charge in [-0.15, -0.1) is 0 Å². The molecule has 0 heterocycles. The number of nitrogens with zero attached hydrogens (tertiary/aromatic N) is 2. The lowest BCUT2D eigenvalue weighted by atomic mass is 9.90. The molecule has 1 amide bonds. The first-order chi connectivity index (χ1) is 11.0. The summed E-state index contributed by atoms with van der Waals surface area (Å²) in [6.07, 6.45) is -4.43. The molecule has 0 radical (unpaired) electrons. The molecule has 132 valence electrons. The highest BCUT2D eigenvalue weighted by Crippen LogP contribution is 2.32. The predicted molar refractivity (Wildman–Crippen MR) is 84.8 cm³/mol. The number of halogens is 3. The number of hydrogen-bond acceptors (Lipinski definition) is 3. The first kappa shape index (κ1) is 20.0. The molecule has 24 heavy (non-hydrogen) atoms. The van der Waals surface area contributed by atoms with E-state index in [0.29, 0.717) is 0 Å². The van der Waals surface area contributed by atoms with Crippen LogP contribution in [0.5, 0.6) is 0 Å². The number of carbonyl (C=O) groups is 1. The van der Waals surface area contributed by atoms with E-state index in [9.17, 15) is 23.2 Å². The Labute approximate surface area is 140 Å². The molecule has 0 fully saturated rings. The number of nitrogens with one attached hydrogen (secondary N) is 1. The summed E-state index contributed by atoms with van der Waals surface area (Å²) in [6, 6.07) is 7.34. The van der Waals surface area contributed by atoms with Crippen LogP contribution in [0.4, 0.5) is 13.2 Å². The maximum atomic E-state index is 13.0. The average molecular weight is 341 g/mol. The highest BCUT2D eigenvalue weighted by Gasteiger charge is 2.33. The van der Waals surface area contributed by atoms with Crippen LogP contribution in [-0.2, 0) is 17.5 Å². The molecular weight excluding hydrogens is 319 g/mol. The van der Waals surface area contributed by atoms with Gasteiger partial charge in [0.05, 0.1) is 18.2 Å². The van der Waals surface area contributed by atoms with Gasteiger partial charge in [-0.3, -0.25) is 9.69 Å². The Bertz CT molecular complexity index is 622. The van der Waals surface area contributed by atoms with E-state index in [-0.39, 0.29) is 24.6 Å². The van der Waals surface area contributed by atoms with Gasteiger partial charge in [0.2, 0.25) is 5.91 Å². The number of nitriles is 1. The van der Waals surface area contributed by atoms with E-state index >= 15 is 0 Å². The van der Waals surface area contributed by atoms with Crippen LogP contribution in [0.1, 0.15) is 31.9 Å². The summed E-state index contributed by atoms with van der Waals surface area (Å²) in [6.45, 7) is 5.12. The maximum absolute atomic E-state index is 13.0. The molecule has 0 saturated heterocycles. The summed E-state index contributed by atoms with van der Waals surface area (Å²) in [5.74, 6) is -0.498. The molecule has 0 bridgehead atoms. The Balaban J connectivity index is 2.76. The molecule has 1 N–H and O–H groups in total. The van der Waals surface area contributed by atoms with Crippen molar-refractivity contribution in [1.29, 1.82) is 5.26 Å². The Morgan fingerprint density at radius 1 is 1.33 bits per heavy atom. The molecule has 1 rings (SSSR count). The topological polar surface area (TPSA) is 56.1 Å². The number of rotatable bonds is 6. The van der Waals surface area contributed by atoms with Gasteiger partial charge in [-0.25, -0.2) is 0 Å². The number of amides is 1. The van der Waals surface area contributed by atoms with Gasteiger partial charge in [-0.2, -0.15) is 18.4 Å². The van der Waals surface area contributed by atoms with Crippen molar-refractivity contribution in [1.82, 2.24) is 10.2 Å². The van der Waals surface area contributed by atoms with Crippen molar-refractivity contribution in [3.63, 3.8) is 0 Å². The van der Waals surface area contributed by atoms with Crippen LogP contribution in [0.15, 0.2) is 24.3 Å². The molecule has 1 unspecified atom stereocenters. The van der Waals surface area contributed by atoms with Gasteiger partial charge in [0, 0.05) is 6.54 Å². The molecule has 0 aliphatic rings. The highest BCUT2D eigenvalue weighted by molar-refractivity contribution is 5.79. The zero-order chi connectivity index (χ0) is 18.5. The molecule has 0 aliphatic heterocycles. The van der Waals surface area contributed by atoms with E-state index in [4.69, 9.17) is 0 Å². The molecule has 4 nitrogen and oxygen atoms in total. The lowest BCUT2D eigenvalue weighted by Crippen LogP contribution is -2.51. The van der Waals surface area contributed by atoms with Crippen LogP contribution < -0.4 is 5.32 Å². The number of alkyl halides is 3. The lowest BCUT2D eigenvalue weighted by molar-refractivity contribution is -0.138. The smallest absolute Gasteiger partial charge is 0.337 e. The maximum Gasteiger partial charge on any atom is 0.416 e. The summed E-state index contributed by atoms with van der Waals surface area (Å²) in [4.78, 5) is 13.6. The van der Waals surface area contributed by atoms with Crippen LogP contribution in [0.25, 0.3) is 0 Å². The Kier molecular flexibility index (Phi) is 6.38. The first-order valence-corrected chi connectivity index (χ1v) is 7.55. The molecule has 1 aromatic rings. The van der Waals surface area contributed by atoms with Crippen molar-refractivity contribution in [2.75, 3.05) is 13.6 Å². The molecule has 0 aliphatic carbocycles. The van der Waals surface area contributed by atoms with E-state index in [1.165, 1.54) is 23.1 Å². The van der Waals surface area contributed by atoms with Crippen molar-refractivity contribution in [2.24, 2.45) is 5.92 Å². The van der Waals surface area contributed by atoms with Crippen molar-refractivity contribution in [3.8, 4) is 6.07 Å². The third-order valence-electron chi connectivity index (χ3n) is 3.96. The second kappa shape index (κ2) is 7.67. The van der Waals surface area contributed by atoms with Gasteiger partial charge in [-0.05, 0) is 31.5 Å². The van der Waals surface area contributed by atoms with Crippen molar-refractivity contribution < 1.29 is 18.0 Å². The first-order valence-electron chi connectivity index (χ1n) is 7.55. The minimum Gasteiger partial charge on any atom is -0.337 e. The van der Waals surface area contributed by atoms with Crippen LogP contribution in [0, 0.1) is 17.2 Å². The van der Waals surface area contributed by atoms with E-state index < -0.39 is 23.2 Å². The van der Waals surface area contributed by atoms with Crippen LogP contribution >= 0.6 is 0 Å². The van der Waals surface area contributed by atoms with Gasteiger partial charge in [0.25, 0.3) is 0 Å². The second-order valence-electron chi connectivity index (χ2n) is 6.34. The summed E-state index contributed by atoms with van der Waals surface area (Å²) >= 11 is 0.